The largest absolute Gasteiger partial charge is 0.496 e. The minimum Gasteiger partial charge on any atom is -0.496 e. The zero-order chi connectivity index (χ0) is 13.3. The summed E-state index contributed by atoms with van der Waals surface area (Å²) in [5.41, 5.74) is 8.13. The van der Waals surface area contributed by atoms with E-state index in [4.69, 9.17) is 19.7 Å². The van der Waals surface area contributed by atoms with Crippen molar-refractivity contribution in [1.82, 2.24) is 5.16 Å². The van der Waals surface area contributed by atoms with E-state index in [2.05, 4.69) is 21.1 Å². The van der Waals surface area contributed by atoms with Gasteiger partial charge < -0.3 is 19.7 Å². The molecule has 0 spiro atoms. The van der Waals surface area contributed by atoms with E-state index in [1.165, 1.54) is 0 Å². The first kappa shape index (κ1) is 12.8. The van der Waals surface area contributed by atoms with Crippen LogP contribution in [-0.2, 0) is 0 Å². The quantitative estimate of drug-likeness (QED) is 0.943. The van der Waals surface area contributed by atoms with Crippen molar-refractivity contribution in [2.75, 3.05) is 20.0 Å². The van der Waals surface area contributed by atoms with Crippen LogP contribution in [0.25, 0.3) is 11.1 Å². The molecular formula is C12H13BrN2O3. The molecule has 0 saturated heterocycles. The highest BCUT2D eigenvalue weighted by atomic mass is 79.9. The van der Waals surface area contributed by atoms with Gasteiger partial charge in [0.15, 0.2) is 0 Å². The first-order chi connectivity index (χ1) is 8.60. The molecule has 5 nitrogen and oxygen atoms in total. The molecule has 2 aromatic rings. The molecule has 2 rings (SSSR count). The van der Waals surface area contributed by atoms with Crippen LogP contribution < -0.4 is 15.2 Å². The number of nitrogens with zero attached hydrogens (tertiary/aromatic N) is 1. The Balaban J connectivity index is 2.74. The van der Waals surface area contributed by atoms with Gasteiger partial charge in [-0.25, -0.2) is 0 Å². The van der Waals surface area contributed by atoms with Crippen LogP contribution in [0.1, 0.15) is 5.56 Å². The lowest BCUT2D eigenvalue weighted by Gasteiger charge is -2.15. The summed E-state index contributed by atoms with van der Waals surface area (Å²) in [4.78, 5) is 0. The number of methoxy groups -OCH3 is 2. The summed E-state index contributed by atoms with van der Waals surface area (Å²) in [5, 5.41) is 3.67. The number of aromatic nitrogens is 1. The van der Waals surface area contributed by atoms with Crippen molar-refractivity contribution in [1.29, 1.82) is 0 Å². The fourth-order valence-corrected chi connectivity index (χ4v) is 2.33. The second kappa shape index (κ2) is 4.89. The first-order valence-electron chi connectivity index (χ1n) is 5.21. The Kier molecular flexibility index (Phi) is 3.47. The smallest absolute Gasteiger partial charge is 0.230 e. The number of anilines is 1. The highest BCUT2D eigenvalue weighted by molar-refractivity contribution is 9.10. The molecule has 1 heterocycles. The van der Waals surface area contributed by atoms with E-state index in [0.29, 0.717) is 11.3 Å². The third-order valence-corrected chi connectivity index (χ3v) is 3.69. The SMILES string of the molecule is COc1cc(-c2cnoc2N)c(OC)c(Br)c1C. The molecule has 6 heteroatoms. The van der Waals surface area contributed by atoms with Crippen molar-refractivity contribution in [2.45, 2.75) is 6.92 Å². The third kappa shape index (κ3) is 1.92. The molecule has 0 fully saturated rings. The summed E-state index contributed by atoms with van der Waals surface area (Å²) >= 11 is 3.50. The van der Waals surface area contributed by atoms with Crippen LogP contribution in [0.15, 0.2) is 21.3 Å². The molecule has 1 aromatic heterocycles. The average molecular weight is 313 g/mol. The van der Waals surface area contributed by atoms with Crippen LogP contribution in [0.3, 0.4) is 0 Å². The number of hydrogen-bond acceptors (Lipinski definition) is 5. The number of nitrogen functional groups attached to an aromatic ring is 1. The lowest BCUT2D eigenvalue weighted by molar-refractivity contribution is 0.399. The van der Waals surface area contributed by atoms with Crippen LogP contribution in [-0.4, -0.2) is 19.4 Å². The topological polar surface area (TPSA) is 70.5 Å². The van der Waals surface area contributed by atoms with Crippen molar-refractivity contribution in [3.63, 3.8) is 0 Å². The maximum Gasteiger partial charge on any atom is 0.230 e. The van der Waals surface area contributed by atoms with Crippen LogP contribution in [0.4, 0.5) is 5.88 Å². The average Bonchev–Trinajstić information content (AvgIpc) is 2.78. The molecule has 0 atom stereocenters. The number of halogens is 1. The van der Waals surface area contributed by atoms with Gasteiger partial charge in [-0.3, -0.25) is 0 Å². The van der Waals surface area contributed by atoms with Crippen molar-refractivity contribution in [2.24, 2.45) is 0 Å². The van der Waals surface area contributed by atoms with Gasteiger partial charge in [0.05, 0.1) is 30.5 Å². The van der Waals surface area contributed by atoms with Crippen molar-refractivity contribution in [3.8, 4) is 22.6 Å². The standard InChI is InChI=1S/C12H13BrN2O3/c1-6-9(16-2)4-7(11(17-3)10(6)13)8-5-15-18-12(8)14/h4-5H,14H2,1-3H3. The summed E-state index contributed by atoms with van der Waals surface area (Å²) in [6.07, 6.45) is 1.55. The fourth-order valence-electron chi connectivity index (χ4n) is 1.76. The number of ether oxygens (including phenoxy) is 2. The molecule has 0 saturated carbocycles. The molecule has 0 aliphatic carbocycles. The normalized spacial score (nSPS) is 10.4. The monoisotopic (exact) mass is 312 g/mol. The van der Waals surface area contributed by atoms with E-state index in [0.717, 1.165) is 21.3 Å². The maximum absolute atomic E-state index is 5.73. The van der Waals surface area contributed by atoms with E-state index in [1.807, 2.05) is 13.0 Å². The number of rotatable bonds is 3. The Morgan fingerprint density at radius 2 is 2.00 bits per heavy atom. The van der Waals surface area contributed by atoms with E-state index in [9.17, 15) is 0 Å². The summed E-state index contributed by atoms with van der Waals surface area (Å²) in [7, 11) is 3.21. The Hall–Kier alpha value is -1.69. The maximum atomic E-state index is 5.73. The molecule has 0 radical (unpaired) electrons. The van der Waals surface area contributed by atoms with Crippen molar-refractivity contribution < 1.29 is 14.0 Å². The molecule has 18 heavy (non-hydrogen) atoms. The van der Waals surface area contributed by atoms with Crippen LogP contribution in [0, 0.1) is 6.92 Å². The molecule has 0 amide bonds. The van der Waals surface area contributed by atoms with Crippen LogP contribution in [0.5, 0.6) is 11.5 Å². The van der Waals surface area contributed by atoms with Gasteiger partial charge >= 0.3 is 0 Å². The third-order valence-electron chi connectivity index (χ3n) is 2.73. The molecule has 96 valence electrons. The van der Waals surface area contributed by atoms with E-state index in [-0.39, 0.29) is 5.88 Å². The van der Waals surface area contributed by atoms with Gasteiger partial charge in [-0.05, 0) is 28.9 Å². The second-order valence-electron chi connectivity index (χ2n) is 3.70. The highest BCUT2D eigenvalue weighted by Gasteiger charge is 2.19. The van der Waals surface area contributed by atoms with Gasteiger partial charge in [0, 0.05) is 11.1 Å². The van der Waals surface area contributed by atoms with Gasteiger partial charge in [-0.15, -0.1) is 0 Å². The molecule has 0 aliphatic rings. The number of benzene rings is 1. The number of nitrogens with two attached hydrogens (primary N) is 1. The molecule has 0 aliphatic heterocycles. The first-order valence-corrected chi connectivity index (χ1v) is 6.01. The summed E-state index contributed by atoms with van der Waals surface area (Å²) in [5.74, 6) is 1.65. The lowest BCUT2D eigenvalue weighted by Crippen LogP contribution is -1.96. The highest BCUT2D eigenvalue weighted by Crippen LogP contribution is 2.44. The van der Waals surface area contributed by atoms with Crippen molar-refractivity contribution >= 4 is 21.8 Å². The Bertz CT molecular complexity index is 581. The van der Waals surface area contributed by atoms with E-state index in [1.54, 1.807) is 20.4 Å². The van der Waals surface area contributed by atoms with Gasteiger partial charge in [-0.1, -0.05) is 5.16 Å². The zero-order valence-corrected chi connectivity index (χ0v) is 11.9. The van der Waals surface area contributed by atoms with Gasteiger partial charge in [0.1, 0.15) is 11.5 Å². The predicted octanol–water partition coefficient (Wildman–Crippen LogP) is 3.01. The molecule has 2 N–H and O–H groups in total. The minimum atomic E-state index is 0.242. The summed E-state index contributed by atoms with van der Waals surface area (Å²) < 4.78 is 16.4. The zero-order valence-electron chi connectivity index (χ0n) is 10.3. The van der Waals surface area contributed by atoms with Crippen molar-refractivity contribution in [3.05, 3.63) is 22.3 Å². The lowest BCUT2D eigenvalue weighted by atomic mass is 10.0. The second-order valence-corrected chi connectivity index (χ2v) is 4.50. The van der Waals surface area contributed by atoms with Gasteiger partial charge in [-0.2, -0.15) is 0 Å². The van der Waals surface area contributed by atoms with Gasteiger partial charge in [0.2, 0.25) is 5.88 Å². The fraction of sp³-hybridized carbons (Fsp3) is 0.250. The summed E-state index contributed by atoms with van der Waals surface area (Å²) in [6.45, 7) is 1.94. The van der Waals surface area contributed by atoms with Crippen LogP contribution >= 0.6 is 15.9 Å². The Morgan fingerprint density at radius 1 is 1.28 bits per heavy atom. The van der Waals surface area contributed by atoms with Crippen LogP contribution in [0.2, 0.25) is 0 Å². The molecule has 1 aromatic carbocycles. The summed E-state index contributed by atoms with van der Waals surface area (Å²) in [6, 6.07) is 1.85. The minimum absolute atomic E-state index is 0.242. The molecular weight excluding hydrogens is 300 g/mol. The van der Waals surface area contributed by atoms with Gasteiger partial charge in [0.25, 0.3) is 0 Å². The Morgan fingerprint density at radius 3 is 2.50 bits per heavy atom. The molecule has 0 unspecified atom stereocenters. The molecule has 0 bridgehead atoms. The Labute approximate surface area is 113 Å². The van der Waals surface area contributed by atoms with E-state index >= 15 is 0 Å². The number of hydrogen-bond donors (Lipinski definition) is 1. The predicted molar refractivity (Wildman–Crippen MR) is 71.9 cm³/mol. The van der Waals surface area contributed by atoms with E-state index < -0.39 is 0 Å².